The maximum Gasteiger partial charge on any atom is 0.344 e. The van der Waals surface area contributed by atoms with Crippen LogP contribution in [0.5, 0.6) is 0 Å². The molecule has 2 fully saturated rings. The summed E-state index contributed by atoms with van der Waals surface area (Å²) in [6.07, 6.45) is 4.58. The van der Waals surface area contributed by atoms with Gasteiger partial charge in [0.25, 0.3) is 5.69 Å². The highest BCUT2D eigenvalue weighted by atomic mass is 16.6. The van der Waals surface area contributed by atoms with E-state index in [4.69, 9.17) is 9.47 Å². The van der Waals surface area contributed by atoms with Crippen LogP contribution in [0, 0.1) is 23.0 Å². The Morgan fingerprint density at radius 1 is 1.38 bits per heavy atom. The Kier molecular flexibility index (Phi) is 4.71. The average molecular weight is 334 g/mol. The summed E-state index contributed by atoms with van der Waals surface area (Å²) in [5, 5.41) is 14.7. The van der Waals surface area contributed by atoms with Crippen molar-refractivity contribution < 1.29 is 19.2 Å². The largest absolute Gasteiger partial charge is 0.465 e. The lowest BCUT2D eigenvalue weighted by molar-refractivity contribution is -0.385. The number of rotatable bonds is 5. The molecule has 2 aliphatic rings. The number of hydrogen-bond donors (Lipinski definition) is 1. The minimum absolute atomic E-state index is 0.0178. The summed E-state index contributed by atoms with van der Waals surface area (Å²) in [6, 6.07) is 3.47. The third-order valence-corrected chi connectivity index (χ3v) is 4.72. The van der Waals surface area contributed by atoms with Crippen LogP contribution in [0.4, 0.5) is 11.4 Å². The van der Waals surface area contributed by atoms with Gasteiger partial charge in [0.05, 0.1) is 18.1 Å². The van der Waals surface area contributed by atoms with E-state index in [0.717, 1.165) is 12.8 Å². The maximum atomic E-state index is 11.9. The predicted molar refractivity (Wildman–Crippen MR) is 88.3 cm³/mol. The fourth-order valence-electron chi connectivity index (χ4n) is 3.36. The summed E-state index contributed by atoms with van der Waals surface area (Å²) in [5.74, 6) is -0.0184. The van der Waals surface area contributed by atoms with Crippen molar-refractivity contribution in [2.24, 2.45) is 5.92 Å². The van der Waals surface area contributed by atoms with Crippen molar-refractivity contribution in [2.75, 3.05) is 19.0 Å². The SMILES string of the molecule is COC(=O)c1cc(NC2CCOC(C3CC3)C2)cc(C)c1[N+](=O)[O-]. The molecular formula is C17H22N2O5. The summed E-state index contributed by atoms with van der Waals surface area (Å²) in [5.41, 5.74) is 0.933. The number of carbonyl (C=O) groups is 1. The Bertz CT molecular complexity index is 657. The van der Waals surface area contributed by atoms with E-state index in [0.29, 0.717) is 29.9 Å². The van der Waals surface area contributed by atoms with Crippen molar-refractivity contribution in [3.63, 3.8) is 0 Å². The van der Waals surface area contributed by atoms with Crippen LogP contribution < -0.4 is 5.32 Å². The van der Waals surface area contributed by atoms with Crippen molar-refractivity contribution in [3.8, 4) is 0 Å². The fraction of sp³-hybridized carbons (Fsp3) is 0.588. The molecule has 0 amide bonds. The van der Waals surface area contributed by atoms with Crippen LogP contribution >= 0.6 is 0 Å². The summed E-state index contributed by atoms with van der Waals surface area (Å²) in [6.45, 7) is 2.35. The number of nitrogens with zero attached hydrogens (tertiary/aromatic N) is 1. The molecule has 24 heavy (non-hydrogen) atoms. The number of esters is 1. The molecule has 2 atom stereocenters. The molecule has 0 spiro atoms. The molecule has 3 rings (SSSR count). The summed E-state index contributed by atoms with van der Waals surface area (Å²) in [4.78, 5) is 22.6. The molecule has 7 heteroatoms. The third-order valence-electron chi connectivity index (χ3n) is 4.72. The van der Waals surface area contributed by atoms with Gasteiger partial charge in [0, 0.05) is 23.9 Å². The molecule has 1 saturated carbocycles. The van der Waals surface area contributed by atoms with Gasteiger partial charge in [0.1, 0.15) is 5.56 Å². The molecule has 1 aromatic carbocycles. The fourth-order valence-corrected chi connectivity index (χ4v) is 3.36. The van der Waals surface area contributed by atoms with E-state index in [-0.39, 0.29) is 17.3 Å². The second-order valence-electron chi connectivity index (χ2n) is 6.55. The van der Waals surface area contributed by atoms with E-state index in [9.17, 15) is 14.9 Å². The summed E-state index contributed by atoms with van der Waals surface area (Å²) in [7, 11) is 1.22. The molecule has 1 saturated heterocycles. The number of nitro benzene ring substituents is 1. The van der Waals surface area contributed by atoms with E-state index in [1.54, 1.807) is 13.0 Å². The van der Waals surface area contributed by atoms with Crippen molar-refractivity contribution in [1.29, 1.82) is 0 Å². The van der Waals surface area contributed by atoms with Crippen molar-refractivity contribution in [3.05, 3.63) is 33.4 Å². The first kappa shape index (κ1) is 16.7. The first-order valence-electron chi connectivity index (χ1n) is 8.25. The molecule has 7 nitrogen and oxygen atoms in total. The highest BCUT2D eigenvalue weighted by molar-refractivity contribution is 5.95. The quantitative estimate of drug-likeness (QED) is 0.505. The minimum Gasteiger partial charge on any atom is -0.465 e. The van der Waals surface area contributed by atoms with Gasteiger partial charge in [0.15, 0.2) is 0 Å². The highest BCUT2D eigenvalue weighted by Gasteiger charge is 2.36. The molecular weight excluding hydrogens is 312 g/mol. The van der Waals surface area contributed by atoms with E-state index < -0.39 is 10.9 Å². The summed E-state index contributed by atoms with van der Waals surface area (Å²) >= 11 is 0. The smallest absolute Gasteiger partial charge is 0.344 e. The lowest BCUT2D eigenvalue weighted by atomic mass is 9.99. The van der Waals surface area contributed by atoms with Crippen molar-refractivity contribution >= 4 is 17.3 Å². The Labute approximate surface area is 140 Å². The molecule has 2 unspecified atom stereocenters. The number of hydrogen-bond acceptors (Lipinski definition) is 6. The summed E-state index contributed by atoms with van der Waals surface area (Å²) < 4.78 is 10.5. The van der Waals surface area contributed by atoms with Crippen LogP contribution in [0.2, 0.25) is 0 Å². The molecule has 1 aromatic rings. The average Bonchev–Trinajstić information content (AvgIpc) is 3.38. The second kappa shape index (κ2) is 6.76. The minimum atomic E-state index is -0.698. The van der Waals surface area contributed by atoms with Gasteiger partial charge in [-0.1, -0.05) is 0 Å². The van der Waals surface area contributed by atoms with Gasteiger partial charge in [-0.2, -0.15) is 0 Å². The van der Waals surface area contributed by atoms with Crippen molar-refractivity contribution in [2.45, 2.75) is 44.8 Å². The van der Waals surface area contributed by atoms with Gasteiger partial charge in [-0.15, -0.1) is 0 Å². The number of aryl methyl sites for hydroxylation is 1. The predicted octanol–water partition coefficient (Wildman–Crippen LogP) is 3.06. The van der Waals surface area contributed by atoms with E-state index >= 15 is 0 Å². The Morgan fingerprint density at radius 2 is 2.12 bits per heavy atom. The number of methoxy groups -OCH3 is 1. The zero-order valence-electron chi connectivity index (χ0n) is 13.9. The van der Waals surface area contributed by atoms with E-state index in [1.807, 2.05) is 0 Å². The van der Waals surface area contributed by atoms with Gasteiger partial charge in [-0.3, -0.25) is 10.1 Å². The monoisotopic (exact) mass is 334 g/mol. The lowest BCUT2D eigenvalue weighted by Crippen LogP contribution is -2.35. The Hall–Kier alpha value is -2.15. The number of nitrogens with one attached hydrogen (secondary N) is 1. The van der Waals surface area contributed by atoms with Crippen molar-refractivity contribution in [1.82, 2.24) is 0 Å². The van der Waals surface area contributed by atoms with Crippen LogP contribution in [0.15, 0.2) is 12.1 Å². The molecule has 1 N–H and O–H groups in total. The van der Waals surface area contributed by atoms with E-state index in [2.05, 4.69) is 5.32 Å². The highest BCUT2D eigenvalue weighted by Crippen LogP contribution is 2.39. The number of nitro groups is 1. The number of ether oxygens (including phenoxy) is 2. The maximum absolute atomic E-state index is 11.9. The van der Waals surface area contributed by atoms with Gasteiger partial charge in [-0.05, 0) is 50.7 Å². The lowest BCUT2D eigenvalue weighted by Gasteiger charge is -2.31. The molecule has 1 aliphatic carbocycles. The van der Waals surface area contributed by atoms with E-state index in [1.165, 1.54) is 26.0 Å². The zero-order valence-corrected chi connectivity index (χ0v) is 13.9. The van der Waals surface area contributed by atoms with Crippen LogP contribution in [0.1, 0.15) is 41.6 Å². The standard InChI is InChI=1S/C17H22N2O5/c1-10-7-13(8-14(17(20)23-2)16(10)19(21)22)18-12-5-6-24-15(9-12)11-3-4-11/h7-8,11-12,15,18H,3-6,9H2,1-2H3. The third kappa shape index (κ3) is 3.51. The van der Waals surface area contributed by atoms with Crippen LogP contribution in [-0.2, 0) is 9.47 Å². The van der Waals surface area contributed by atoms with Gasteiger partial charge in [0.2, 0.25) is 0 Å². The number of carbonyl (C=O) groups excluding carboxylic acids is 1. The number of benzene rings is 1. The Balaban J connectivity index is 1.81. The van der Waals surface area contributed by atoms with Crippen LogP contribution in [-0.4, -0.2) is 36.8 Å². The topological polar surface area (TPSA) is 90.7 Å². The normalized spacial score (nSPS) is 23.6. The van der Waals surface area contributed by atoms with Crippen LogP contribution in [0.3, 0.4) is 0 Å². The first-order valence-corrected chi connectivity index (χ1v) is 8.25. The first-order chi connectivity index (χ1) is 11.5. The zero-order chi connectivity index (χ0) is 17.3. The number of anilines is 1. The molecule has 130 valence electrons. The Morgan fingerprint density at radius 3 is 2.75 bits per heavy atom. The molecule has 0 bridgehead atoms. The van der Waals surface area contributed by atoms with Gasteiger partial charge in [-0.25, -0.2) is 4.79 Å². The molecule has 0 aromatic heterocycles. The van der Waals surface area contributed by atoms with Gasteiger partial charge < -0.3 is 14.8 Å². The second-order valence-corrected chi connectivity index (χ2v) is 6.55. The van der Waals surface area contributed by atoms with Gasteiger partial charge >= 0.3 is 5.97 Å². The molecule has 1 heterocycles. The molecule has 0 radical (unpaired) electrons. The molecule has 1 aliphatic heterocycles. The van der Waals surface area contributed by atoms with Crippen LogP contribution in [0.25, 0.3) is 0 Å².